The number of piperidine rings is 1. The van der Waals surface area contributed by atoms with Gasteiger partial charge in [0.1, 0.15) is 11.4 Å². The molecule has 2 aromatic heterocycles. The number of rotatable bonds is 3. The molecule has 1 saturated heterocycles. The monoisotopic (exact) mass is 398 g/mol. The number of hydrogen-bond donors (Lipinski definition) is 0. The first kappa shape index (κ1) is 19.7. The van der Waals surface area contributed by atoms with E-state index in [1.54, 1.807) is 11.6 Å². The molecule has 1 fully saturated rings. The maximum Gasteiger partial charge on any atom is 0.222 e. The minimum atomic E-state index is -0.445. The van der Waals surface area contributed by atoms with Gasteiger partial charge in [0.2, 0.25) is 11.8 Å². The second-order valence-corrected chi connectivity index (χ2v) is 8.70. The average molecular weight is 399 g/mol. The summed E-state index contributed by atoms with van der Waals surface area (Å²) in [5.74, 6) is 1.57. The predicted octanol–water partition coefficient (Wildman–Crippen LogP) is 2.01. The van der Waals surface area contributed by atoms with Crippen molar-refractivity contribution in [1.82, 2.24) is 29.1 Å². The maximum absolute atomic E-state index is 12.5. The van der Waals surface area contributed by atoms with Crippen molar-refractivity contribution in [3.8, 4) is 11.3 Å². The lowest BCUT2D eigenvalue weighted by Crippen LogP contribution is -2.59. The number of carbonyl (C=O) groups excluding carboxylic acids is 2. The highest BCUT2D eigenvalue weighted by Gasteiger charge is 2.49. The first-order chi connectivity index (χ1) is 13.8. The molecule has 4 rings (SSSR count). The Hall–Kier alpha value is -2.64. The number of amides is 2. The van der Waals surface area contributed by atoms with Crippen LogP contribution in [-0.4, -0.2) is 60.6 Å². The van der Waals surface area contributed by atoms with Gasteiger partial charge in [-0.15, -0.1) is 0 Å². The van der Waals surface area contributed by atoms with Crippen LogP contribution < -0.4 is 0 Å². The molecule has 156 valence electrons. The average Bonchev–Trinajstić information content (AvgIpc) is 3.28. The molecule has 2 aliphatic rings. The number of aromatic nitrogens is 4. The third-order valence-corrected chi connectivity index (χ3v) is 6.24. The number of hydrogen-bond acceptors (Lipinski definition) is 4. The fourth-order valence-electron chi connectivity index (χ4n) is 4.85. The minimum Gasteiger partial charge on any atom is -0.342 e. The molecule has 29 heavy (non-hydrogen) atoms. The van der Waals surface area contributed by atoms with Crippen LogP contribution in [0.4, 0.5) is 0 Å². The van der Waals surface area contributed by atoms with Gasteiger partial charge in [0.25, 0.3) is 0 Å². The van der Waals surface area contributed by atoms with Gasteiger partial charge in [-0.3, -0.25) is 14.3 Å². The Balaban J connectivity index is 1.66. The standard InChI is InChI=1S/C21H30N6O2/c1-15(2)11-19(29)25-7-5-21(6-8-25)20-22-13-18(17-12-23-24(4)14-17)26(20)9-10-27(21)16(3)28/h12-15H,5-11H2,1-4H3. The molecular weight excluding hydrogens is 368 g/mol. The molecule has 1 spiro atoms. The van der Waals surface area contributed by atoms with Crippen LogP contribution in [-0.2, 0) is 28.7 Å². The number of fused-ring (bicyclic) bond motifs is 2. The molecule has 2 amide bonds. The van der Waals surface area contributed by atoms with Gasteiger partial charge in [0.15, 0.2) is 0 Å². The van der Waals surface area contributed by atoms with Gasteiger partial charge in [0.05, 0.1) is 18.1 Å². The number of likely N-dealkylation sites (tertiary alicyclic amines) is 1. The zero-order valence-corrected chi connectivity index (χ0v) is 17.8. The summed E-state index contributed by atoms with van der Waals surface area (Å²) in [7, 11) is 1.90. The predicted molar refractivity (Wildman–Crippen MR) is 109 cm³/mol. The first-order valence-corrected chi connectivity index (χ1v) is 10.4. The molecule has 8 heteroatoms. The first-order valence-electron chi connectivity index (χ1n) is 10.4. The summed E-state index contributed by atoms with van der Waals surface area (Å²) in [5.41, 5.74) is 1.62. The van der Waals surface area contributed by atoms with Crippen molar-refractivity contribution in [2.24, 2.45) is 13.0 Å². The molecule has 2 aromatic rings. The highest BCUT2D eigenvalue weighted by atomic mass is 16.2. The van der Waals surface area contributed by atoms with Crippen molar-refractivity contribution in [1.29, 1.82) is 0 Å². The molecule has 0 radical (unpaired) electrons. The van der Waals surface area contributed by atoms with E-state index in [0.29, 0.717) is 32.0 Å². The Morgan fingerprint density at radius 3 is 2.45 bits per heavy atom. The van der Waals surface area contributed by atoms with Gasteiger partial charge < -0.3 is 14.4 Å². The van der Waals surface area contributed by atoms with E-state index < -0.39 is 5.54 Å². The number of aryl methyl sites for hydroxylation is 1. The summed E-state index contributed by atoms with van der Waals surface area (Å²) < 4.78 is 4.02. The van der Waals surface area contributed by atoms with Crippen LogP contribution in [0, 0.1) is 5.92 Å². The summed E-state index contributed by atoms with van der Waals surface area (Å²) >= 11 is 0. The summed E-state index contributed by atoms with van der Waals surface area (Å²) in [4.78, 5) is 33.8. The Bertz CT molecular complexity index is 920. The SMILES string of the molecule is CC(=O)N1CCn2c(-c3cnn(C)c3)cnc2C12CCN(C(=O)CC(C)C)CC2. The smallest absolute Gasteiger partial charge is 0.222 e. The fourth-order valence-corrected chi connectivity index (χ4v) is 4.85. The lowest BCUT2D eigenvalue weighted by Gasteiger charge is -2.50. The quantitative estimate of drug-likeness (QED) is 0.793. The van der Waals surface area contributed by atoms with Crippen molar-refractivity contribution in [2.45, 2.75) is 52.1 Å². The van der Waals surface area contributed by atoms with Crippen LogP contribution in [0.3, 0.4) is 0 Å². The third-order valence-electron chi connectivity index (χ3n) is 6.24. The van der Waals surface area contributed by atoms with Gasteiger partial charge in [-0.1, -0.05) is 13.8 Å². The van der Waals surface area contributed by atoms with Crippen molar-refractivity contribution in [3.05, 3.63) is 24.4 Å². The Labute approximate surface area is 171 Å². The molecular formula is C21H30N6O2. The van der Waals surface area contributed by atoms with E-state index in [4.69, 9.17) is 4.98 Å². The lowest BCUT2D eigenvalue weighted by molar-refractivity contribution is -0.144. The second kappa shape index (κ2) is 7.31. The summed E-state index contributed by atoms with van der Waals surface area (Å²) in [6.07, 6.45) is 7.75. The van der Waals surface area contributed by atoms with Crippen LogP contribution in [0.25, 0.3) is 11.3 Å². The Morgan fingerprint density at radius 1 is 1.14 bits per heavy atom. The normalized spacial score (nSPS) is 18.4. The molecule has 0 N–H and O–H groups in total. The van der Waals surface area contributed by atoms with Crippen LogP contribution in [0.5, 0.6) is 0 Å². The van der Waals surface area contributed by atoms with Crippen molar-refractivity contribution >= 4 is 11.8 Å². The summed E-state index contributed by atoms with van der Waals surface area (Å²) in [6, 6.07) is 0. The Morgan fingerprint density at radius 2 is 1.86 bits per heavy atom. The highest BCUT2D eigenvalue weighted by molar-refractivity contribution is 5.77. The van der Waals surface area contributed by atoms with Crippen LogP contribution in [0.1, 0.15) is 45.9 Å². The van der Waals surface area contributed by atoms with Crippen LogP contribution >= 0.6 is 0 Å². The molecule has 0 aromatic carbocycles. The van der Waals surface area contributed by atoms with Gasteiger partial charge in [0, 0.05) is 58.3 Å². The molecule has 0 saturated carbocycles. The molecule has 0 bridgehead atoms. The maximum atomic E-state index is 12.5. The van der Waals surface area contributed by atoms with Gasteiger partial charge in [-0.2, -0.15) is 5.10 Å². The largest absolute Gasteiger partial charge is 0.342 e. The third kappa shape index (κ3) is 3.34. The second-order valence-electron chi connectivity index (χ2n) is 8.70. The van der Waals surface area contributed by atoms with E-state index in [9.17, 15) is 9.59 Å². The summed E-state index contributed by atoms with van der Waals surface area (Å²) in [5, 5.41) is 4.29. The zero-order valence-electron chi connectivity index (χ0n) is 17.8. The van der Waals surface area contributed by atoms with Gasteiger partial charge >= 0.3 is 0 Å². The number of carbonyl (C=O) groups is 2. The van der Waals surface area contributed by atoms with Gasteiger partial charge in [-0.25, -0.2) is 4.98 Å². The topological polar surface area (TPSA) is 76.3 Å². The molecule has 0 atom stereocenters. The Kier molecular flexibility index (Phi) is 4.96. The number of nitrogens with zero attached hydrogens (tertiary/aromatic N) is 6. The van der Waals surface area contributed by atoms with E-state index in [2.05, 4.69) is 23.5 Å². The lowest BCUT2D eigenvalue weighted by atomic mass is 9.82. The molecule has 8 nitrogen and oxygen atoms in total. The number of imidazole rings is 1. The van der Waals surface area contributed by atoms with E-state index in [-0.39, 0.29) is 11.8 Å². The van der Waals surface area contributed by atoms with E-state index in [0.717, 1.165) is 36.5 Å². The van der Waals surface area contributed by atoms with Crippen molar-refractivity contribution < 1.29 is 9.59 Å². The minimum absolute atomic E-state index is 0.0733. The summed E-state index contributed by atoms with van der Waals surface area (Å²) in [6.45, 7) is 8.47. The zero-order chi connectivity index (χ0) is 20.8. The van der Waals surface area contributed by atoms with Crippen molar-refractivity contribution in [3.63, 3.8) is 0 Å². The molecule has 4 heterocycles. The van der Waals surface area contributed by atoms with E-state index in [1.807, 2.05) is 35.4 Å². The van der Waals surface area contributed by atoms with Crippen LogP contribution in [0.15, 0.2) is 18.6 Å². The van der Waals surface area contributed by atoms with E-state index >= 15 is 0 Å². The molecule has 2 aliphatic heterocycles. The van der Waals surface area contributed by atoms with Crippen LogP contribution in [0.2, 0.25) is 0 Å². The van der Waals surface area contributed by atoms with Crippen molar-refractivity contribution in [2.75, 3.05) is 19.6 Å². The van der Waals surface area contributed by atoms with Gasteiger partial charge in [-0.05, 0) is 18.8 Å². The molecule has 0 aliphatic carbocycles. The molecule has 0 unspecified atom stereocenters. The fraction of sp³-hybridized carbons (Fsp3) is 0.619. The highest BCUT2D eigenvalue weighted by Crippen LogP contribution is 2.42. The van der Waals surface area contributed by atoms with E-state index in [1.165, 1.54) is 0 Å².